The van der Waals surface area contributed by atoms with E-state index in [4.69, 9.17) is 4.74 Å². The molecule has 174 valence electrons. The van der Waals surface area contributed by atoms with Crippen molar-refractivity contribution in [1.82, 2.24) is 29.6 Å². The quantitative estimate of drug-likeness (QED) is 0.429. The SMILES string of the molecule is CCCN(CCOC)C(=O)c1cc2c(cn1)c(-c1c[nH]c3cnccc13)nn2CC(F)(F)F. The molecule has 0 aromatic carbocycles. The Morgan fingerprint density at radius 3 is 2.79 bits per heavy atom. The Kier molecular flexibility index (Phi) is 6.32. The maximum Gasteiger partial charge on any atom is 0.408 e. The van der Waals surface area contributed by atoms with Crippen LogP contribution in [0, 0.1) is 0 Å². The Hall–Kier alpha value is -3.47. The van der Waals surface area contributed by atoms with E-state index in [0.29, 0.717) is 36.3 Å². The van der Waals surface area contributed by atoms with Crippen molar-refractivity contribution in [3.63, 3.8) is 0 Å². The van der Waals surface area contributed by atoms with Crippen molar-refractivity contribution in [2.24, 2.45) is 0 Å². The summed E-state index contributed by atoms with van der Waals surface area (Å²) in [6, 6.07) is 3.14. The number of carbonyl (C=O) groups excluding carboxylic acids is 1. The number of nitrogens with zero attached hydrogens (tertiary/aromatic N) is 5. The van der Waals surface area contributed by atoms with E-state index < -0.39 is 12.7 Å². The van der Waals surface area contributed by atoms with Gasteiger partial charge >= 0.3 is 6.18 Å². The minimum Gasteiger partial charge on any atom is -0.383 e. The fourth-order valence-electron chi connectivity index (χ4n) is 3.79. The molecule has 0 bridgehead atoms. The molecule has 0 aliphatic heterocycles. The molecule has 4 aromatic heterocycles. The highest BCUT2D eigenvalue weighted by molar-refractivity contribution is 6.04. The van der Waals surface area contributed by atoms with Crippen LogP contribution in [0.1, 0.15) is 23.8 Å². The van der Waals surface area contributed by atoms with Crippen molar-refractivity contribution in [2.75, 3.05) is 26.8 Å². The number of amides is 1. The minimum atomic E-state index is -4.49. The maximum absolute atomic E-state index is 13.3. The first-order valence-electron chi connectivity index (χ1n) is 10.5. The van der Waals surface area contributed by atoms with E-state index in [1.54, 1.807) is 29.6 Å². The molecule has 8 nitrogen and oxygen atoms in total. The normalized spacial score (nSPS) is 12.0. The number of halogens is 3. The summed E-state index contributed by atoms with van der Waals surface area (Å²) in [4.78, 5) is 26.0. The molecular weight excluding hydrogens is 437 g/mol. The number of nitrogens with one attached hydrogen (secondary N) is 1. The van der Waals surface area contributed by atoms with E-state index in [1.807, 2.05) is 6.92 Å². The van der Waals surface area contributed by atoms with Crippen LogP contribution >= 0.6 is 0 Å². The van der Waals surface area contributed by atoms with Crippen molar-refractivity contribution < 1.29 is 22.7 Å². The summed E-state index contributed by atoms with van der Waals surface area (Å²) < 4.78 is 45.9. The van der Waals surface area contributed by atoms with Gasteiger partial charge in [-0.1, -0.05) is 6.92 Å². The number of carbonyl (C=O) groups is 1. The lowest BCUT2D eigenvalue weighted by molar-refractivity contribution is -0.141. The lowest BCUT2D eigenvalue weighted by Crippen LogP contribution is -2.35. The number of fused-ring (bicyclic) bond motifs is 2. The molecule has 0 fully saturated rings. The molecule has 4 heterocycles. The number of methoxy groups -OCH3 is 1. The first-order valence-corrected chi connectivity index (χ1v) is 10.5. The highest BCUT2D eigenvalue weighted by atomic mass is 19.4. The van der Waals surface area contributed by atoms with Crippen LogP contribution in [0.3, 0.4) is 0 Å². The summed E-state index contributed by atoms with van der Waals surface area (Å²) in [5, 5.41) is 5.47. The number of aromatic amines is 1. The first-order chi connectivity index (χ1) is 15.8. The van der Waals surface area contributed by atoms with Crippen molar-refractivity contribution >= 4 is 27.7 Å². The van der Waals surface area contributed by atoms with E-state index in [-0.39, 0.29) is 17.1 Å². The summed E-state index contributed by atoms with van der Waals surface area (Å²) in [5.74, 6) is -0.365. The van der Waals surface area contributed by atoms with Gasteiger partial charge in [0.1, 0.15) is 17.9 Å². The monoisotopic (exact) mass is 460 g/mol. The molecule has 0 aliphatic carbocycles. The molecule has 0 saturated heterocycles. The molecular formula is C22H23F3N6O2. The van der Waals surface area contributed by atoms with Gasteiger partial charge in [-0.25, -0.2) is 0 Å². The largest absolute Gasteiger partial charge is 0.408 e. The molecule has 33 heavy (non-hydrogen) atoms. The molecule has 1 amide bonds. The van der Waals surface area contributed by atoms with Crippen molar-refractivity contribution in [2.45, 2.75) is 26.1 Å². The number of alkyl halides is 3. The van der Waals surface area contributed by atoms with E-state index in [2.05, 4.69) is 20.1 Å². The van der Waals surface area contributed by atoms with E-state index in [9.17, 15) is 18.0 Å². The maximum atomic E-state index is 13.3. The van der Waals surface area contributed by atoms with Gasteiger partial charge in [-0.05, 0) is 18.6 Å². The zero-order valence-electron chi connectivity index (χ0n) is 18.2. The number of hydrogen-bond acceptors (Lipinski definition) is 5. The predicted octanol–water partition coefficient (Wildman–Crippen LogP) is 4.04. The number of pyridine rings is 2. The zero-order chi connectivity index (χ0) is 23.6. The smallest absolute Gasteiger partial charge is 0.383 e. The standard InChI is InChI=1S/C22H23F3N6O2/c1-3-6-30(7-8-33-2)21(32)17-9-19-16(11-27-17)20(29-31(19)13-22(23,24)25)15-10-28-18-12-26-5-4-14(15)18/h4-5,9-12,28H,3,6-8,13H2,1-2H3. The molecule has 0 unspecified atom stereocenters. The molecule has 0 atom stereocenters. The number of aromatic nitrogens is 5. The average Bonchev–Trinajstić information content (AvgIpc) is 3.36. The number of H-pyrrole nitrogens is 1. The summed E-state index contributed by atoms with van der Waals surface area (Å²) >= 11 is 0. The van der Waals surface area contributed by atoms with Gasteiger partial charge in [-0.15, -0.1) is 0 Å². The van der Waals surface area contributed by atoms with Crippen LogP contribution in [0.5, 0.6) is 0 Å². The van der Waals surface area contributed by atoms with Crippen LogP contribution in [0.25, 0.3) is 33.1 Å². The summed E-state index contributed by atoms with van der Waals surface area (Å²) in [7, 11) is 1.54. The Morgan fingerprint density at radius 2 is 2.06 bits per heavy atom. The van der Waals surface area contributed by atoms with E-state index in [0.717, 1.165) is 22.0 Å². The van der Waals surface area contributed by atoms with Crippen LogP contribution in [-0.2, 0) is 11.3 Å². The second-order valence-electron chi connectivity index (χ2n) is 7.62. The van der Waals surface area contributed by atoms with Crippen molar-refractivity contribution in [3.05, 3.63) is 42.6 Å². The van der Waals surface area contributed by atoms with E-state index in [1.165, 1.54) is 19.4 Å². The molecule has 4 aromatic rings. The van der Waals surface area contributed by atoms with Gasteiger partial charge in [-0.2, -0.15) is 18.3 Å². The van der Waals surface area contributed by atoms with Crippen LogP contribution < -0.4 is 0 Å². The van der Waals surface area contributed by atoms with Gasteiger partial charge in [0.2, 0.25) is 0 Å². The predicted molar refractivity (Wildman–Crippen MR) is 117 cm³/mol. The Morgan fingerprint density at radius 1 is 1.24 bits per heavy atom. The molecule has 11 heteroatoms. The summed E-state index contributed by atoms with van der Waals surface area (Å²) in [6.45, 7) is 1.84. The molecule has 4 rings (SSSR count). The van der Waals surface area contributed by atoms with Crippen LogP contribution in [0.4, 0.5) is 13.2 Å². The third-order valence-corrected chi connectivity index (χ3v) is 5.27. The third-order valence-electron chi connectivity index (χ3n) is 5.27. The van der Waals surface area contributed by atoms with Gasteiger partial charge in [0.05, 0.1) is 23.8 Å². The lowest BCUT2D eigenvalue weighted by Gasteiger charge is -2.21. The number of rotatable bonds is 8. The highest BCUT2D eigenvalue weighted by Crippen LogP contribution is 2.34. The number of ether oxygens (including phenoxy) is 1. The highest BCUT2D eigenvalue weighted by Gasteiger charge is 2.31. The van der Waals surface area contributed by atoms with Crippen LogP contribution in [0.2, 0.25) is 0 Å². The lowest BCUT2D eigenvalue weighted by atomic mass is 10.1. The second-order valence-corrected chi connectivity index (χ2v) is 7.62. The van der Waals surface area contributed by atoms with Gasteiger partial charge in [-0.3, -0.25) is 19.4 Å². The molecule has 0 saturated carbocycles. The van der Waals surface area contributed by atoms with Gasteiger partial charge < -0.3 is 14.6 Å². The van der Waals surface area contributed by atoms with Crippen LogP contribution in [0.15, 0.2) is 36.9 Å². The molecule has 1 N–H and O–H groups in total. The zero-order valence-corrected chi connectivity index (χ0v) is 18.2. The van der Waals surface area contributed by atoms with Gasteiger partial charge in [0.15, 0.2) is 0 Å². The Bertz CT molecular complexity index is 1280. The number of hydrogen-bond donors (Lipinski definition) is 1. The fraction of sp³-hybridized carbons (Fsp3) is 0.364. The van der Waals surface area contributed by atoms with Crippen molar-refractivity contribution in [3.8, 4) is 11.3 Å². The van der Waals surface area contributed by atoms with Gasteiger partial charge in [0, 0.05) is 55.1 Å². The fourth-order valence-corrected chi connectivity index (χ4v) is 3.79. The third kappa shape index (κ3) is 4.68. The summed E-state index contributed by atoms with van der Waals surface area (Å²) in [5.41, 5.74) is 1.96. The topological polar surface area (TPSA) is 88.9 Å². The summed E-state index contributed by atoms with van der Waals surface area (Å²) in [6.07, 6.45) is 2.57. The van der Waals surface area contributed by atoms with Gasteiger partial charge in [0.25, 0.3) is 5.91 Å². The minimum absolute atomic E-state index is 0.0602. The molecule has 0 spiro atoms. The Labute approximate surface area is 187 Å². The first kappa shape index (κ1) is 22.7. The second kappa shape index (κ2) is 9.18. The average molecular weight is 460 g/mol. The van der Waals surface area contributed by atoms with Crippen molar-refractivity contribution in [1.29, 1.82) is 0 Å². The molecule has 0 radical (unpaired) electrons. The van der Waals surface area contributed by atoms with Crippen LogP contribution in [-0.4, -0.2) is 68.5 Å². The molecule has 0 aliphatic rings. The van der Waals surface area contributed by atoms with E-state index >= 15 is 0 Å². The Balaban J connectivity index is 1.83.